The van der Waals surface area contributed by atoms with Crippen LogP contribution in [0.5, 0.6) is 0 Å². The Morgan fingerprint density at radius 3 is 2.88 bits per heavy atom. The number of rotatable bonds is 6. The number of aromatic nitrogens is 1. The molecule has 6 heteroatoms. The van der Waals surface area contributed by atoms with Gasteiger partial charge in [-0.25, -0.2) is 0 Å². The molecule has 0 saturated carbocycles. The minimum absolute atomic E-state index is 0.0250. The van der Waals surface area contributed by atoms with E-state index >= 15 is 0 Å². The SMILES string of the molecule is COC(CN)CC(=O)N(C)Cc1cc(C)on1. The normalized spacial score (nSPS) is 12.5. The molecule has 1 unspecified atom stereocenters. The molecular weight excluding hydrogens is 222 g/mol. The number of aryl methyl sites for hydroxylation is 1. The Kier molecular flexibility index (Phi) is 5.11. The molecule has 1 rings (SSSR count). The van der Waals surface area contributed by atoms with E-state index in [4.69, 9.17) is 15.0 Å². The van der Waals surface area contributed by atoms with Crippen LogP contribution in [0, 0.1) is 6.92 Å². The van der Waals surface area contributed by atoms with Crippen molar-refractivity contribution in [2.45, 2.75) is 26.0 Å². The molecule has 0 fully saturated rings. The highest BCUT2D eigenvalue weighted by Crippen LogP contribution is 2.07. The third kappa shape index (κ3) is 4.16. The zero-order valence-corrected chi connectivity index (χ0v) is 10.5. The van der Waals surface area contributed by atoms with Crippen LogP contribution in [0.2, 0.25) is 0 Å². The summed E-state index contributed by atoms with van der Waals surface area (Å²) in [5.41, 5.74) is 6.20. The van der Waals surface area contributed by atoms with Gasteiger partial charge in [-0.3, -0.25) is 4.79 Å². The molecule has 0 spiro atoms. The lowest BCUT2D eigenvalue weighted by atomic mass is 10.2. The summed E-state index contributed by atoms with van der Waals surface area (Å²) in [5.74, 6) is 0.709. The third-order valence-corrected chi connectivity index (χ3v) is 2.50. The molecule has 0 aliphatic rings. The maximum Gasteiger partial charge on any atom is 0.225 e. The van der Waals surface area contributed by atoms with Crippen molar-refractivity contribution in [3.05, 3.63) is 17.5 Å². The maximum absolute atomic E-state index is 11.8. The van der Waals surface area contributed by atoms with Gasteiger partial charge in [-0.15, -0.1) is 0 Å². The number of carbonyl (C=O) groups excluding carboxylic acids is 1. The van der Waals surface area contributed by atoms with E-state index in [2.05, 4.69) is 5.16 Å². The van der Waals surface area contributed by atoms with Gasteiger partial charge < -0.3 is 19.9 Å². The smallest absolute Gasteiger partial charge is 0.225 e. The molecule has 96 valence electrons. The summed E-state index contributed by atoms with van der Waals surface area (Å²) in [6.45, 7) is 2.57. The van der Waals surface area contributed by atoms with Crippen molar-refractivity contribution < 1.29 is 14.1 Å². The van der Waals surface area contributed by atoms with E-state index < -0.39 is 0 Å². The fourth-order valence-corrected chi connectivity index (χ4v) is 1.44. The molecule has 0 saturated heterocycles. The molecular formula is C11H19N3O3. The summed E-state index contributed by atoms with van der Waals surface area (Å²) in [6, 6.07) is 1.81. The van der Waals surface area contributed by atoms with Gasteiger partial charge in [0.2, 0.25) is 5.91 Å². The molecule has 1 aromatic rings. The molecule has 0 radical (unpaired) electrons. The van der Waals surface area contributed by atoms with E-state index in [0.717, 1.165) is 11.5 Å². The highest BCUT2D eigenvalue weighted by atomic mass is 16.5. The molecule has 2 N–H and O–H groups in total. The molecule has 0 bridgehead atoms. The predicted octanol–water partition coefficient (Wildman–Crippen LogP) is 0.305. The van der Waals surface area contributed by atoms with Crippen molar-refractivity contribution >= 4 is 5.91 Å². The van der Waals surface area contributed by atoms with E-state index in [9.17, 15) is 4.79 Å². The van der Waals surface area contributed by atoms with Crippen LogP contribution in [0.3, 0.4) is 0 Å². The van der Waals surface area contributed by atoms with Crippen molar-refractivity contribution in [3.63, 3.8) is 0 Å². The average molecular weight is 241 g/mol. The summed E-state index contributed by atoms with van der Waals surface area (Å²) >= 11 is 0. The number of nitrogens with two attached hydrogens (primary N) is 1. The van der Waals surface area contributed by atoms with Gasteiger partial charge >= 0.3 is 0 Å². The Morgan fingerprint density at radius 2 is 2.41 bits per heavy atom. The van der Waals surface area contributed by atoms with Gasteiger partial charge in [-0.2, -0.15) is 0 Å². The quantitative estimate of drug-likeness (QED) is 0.775. The number of methoxy groups -OCH3 is 1. The Balaban J connectivity index is 2.46. The minimum Gasteiger partial charge on any atom is -0.380 e. The minimum atomic E-state index is -0.232. The highest BCUT2D eigenvalue weighted by Gasteiger charge is 2.16. The van der Waals surface area contributed by atoms with Crippen molar-refractivity contribution in [1.29, 1.82) is 0 Å². The van der Waals surface area contributed by atoms with E-state index in [-0.39, 0.29) is 18.4 Å². The molecule has 1 heterocycles. The van der Waals surface area contributed by atoms with Crippen LogP contribution in [0.25, 0.3) is 0 Å². The lowest BCUT2D eigenvalue weighted by Gasteiger charge is -2.19. The molecule has 6 nitrogen and oxygen atoms in total. The second-order valence-corrected chi connectivity index (χ2v) is 3.98. The van der Waals surface area contributed by atoms with Crippen LogP contribution in [0.4, 0.5) is 0 Å². The largest absolute Gasteiger partial charge is 0.380 e. The lowest BCUT2D eigenvalue weighted by molar-refractivity contribution is -0.132. The molecule has 1 amide bonds. The molecule has 1 aromatic heterocycles. The summed E-state index contributed by atoms with van der Waals surface area (Å²) in [4.78, 5) is 13.4. The first-order chi connectivity index (χ1) is 8.06. The Hall–Kier alpha value is -1.40. The second-order valence-electron chi connectivity index (χ2n) is 3.98. The number of nitrogens with zero attached hydrogens (tertiary/aromatic N) is 2. The van der Waals surface area contributed by atoms with Gasteiger partial charge in [-0.05, 0) is 6.92 Å². The Labute approximate surface area is 101 Å². The zero-order valence-electron chi connectivity index (χ0n) is 10.5. The van der Waals surface area contributed by atoms with E-state index in [0.29, 0.717) is 13.1 Å². The van der Waals surface area contributed by atoms with Crippen molar-refractivity contribution in [2.75, 3.05) is 20.7 Å². The number of ether oxygens (including phenoxy) is 1. The van der Waals surface area contributed by atoms with Gasteiger partial charge in [0, 0.05) is 26.8 Å². The maximum atomic E-state index is 11.8. The van der Waals surface area contributed by atoms with Crippen molar-refractivity contribution in [3.8, 4) is 0 Å². The Morgan fingerprint density at radius 1 is 1.71 bits per heavy atom. The number of carbonyl (C=O) groups is 1. The first kappa shape index (κ1) is 13.7. The van der Waals surface area contributed by atoms with Crippen LogP contribution in [0.1, 0.15) is 17.9 Å². The lowest BCUT2D eigenvalue weighted by Crippen LogP contribution is -2.33. The molecule has 1 atom stereocenters. The first-order valence-corrected chi connectivity index (χ1v) is 5.45. The van der Waals surface area contributed by atoms with Gasteiger partial charge in [0.25, 0.3) is 0 Å². The monoisotopic (exact) mass is 241 g/mol. The van der Waals surface area contributed by atoms with Crippen LogP contribution in [-0.4, -0.2) is 42.8 Å². The van der Waals surface area contributed by atoms with Gasteiger partial charge in [0.05, 0.1) is 19.1 Å². The van der Waals surface area contributed by atoms with E-state index in [1.807, 2.05) is 6.92 Å². The van der Waals surface area contributed by atoms with Gasteiger partial charge in [0.1, 0.15) is 11.5 Å². The topological polar surface area (TPSA) is 81.6 Å². The Bertz CT molecular complexity index is 361. The first-order valence-electron chi connectivity index (χ1n) is 5.45. The van der Waals surface area contributed by atoms with Crippen LogP contribution >= 0.6 is 0 Å². The van der Waals surface area contributed by atoms with Crippen LogP contribution < -0.4 is 5.73 Å². The molecule has 0 aliphatic heterocycles. The van der Waals surface area contributed by atoms with E-state index in [1.165, 1.54) is 0 Å². The third-order valence-electron chi connectivity index (χ3n) is 2.50. The predicted molar refractivity (Wildman–Crippen MR) is 62.2 cm³/mol. The number of hydrogen-bond donors (Lipinski definition) is 1. The second kappa shape index (κ2) is 6.36. The van der Waals surface area contributed by atoms with Crippen molar-refractivity contribution in [2.24, 2.45) is 5.73 Å². The van der Waals surface area contributed by atoms with E-state index in [1.54, 1.807) is 25.1 Å². The molecule has 0 aromatic carbocycles. The molecule has 0 aliphatic carbocycles. The number of hydrogen-bond acceptors (Lipinski definition) is 5. The standard InChI is InChI=1S/C11H19N3O3/c1-8-4-9(13-17-8)7-14(2)11(15)5-10(6-12)16-3/h4,10H,5-7,12H2,1-3H3. The van der Waals surface area contributed by atoms with Gasteiger partial charge in [0.15, 0.2) is 0 Å². The molecule has 17 heavy (non-hydrogen) atoms. The fraction of sp³-hybridized carbons (Fsp3) is 0.636. The summed E-state index contributed by atoms with van der Waals surface area (Å²) < 4.78 is 10.0. The number of amides is 1. The van der Waals surface area contributed by atoms with Crippen molar-refractivity contribution in [1.82, 2.24) is 10.1 Å². The van der Waals surface area contributed by atoms with Gasteiger partial charge in [-0.1, -0.05) is 5.16 Å². The zero-order chi connectivity index (χ0) is 12.8. The summed E-state index contributed by atoms with van der Waals surface area (Å²) in [6.07, 6.45) is 0.0457. The highest BCUT2D eigenvalue weighted by molar-refractivity contribution is 5.76. The van der Waals surface area contributed by atoms with Crippen LogP contribution in [-0.2, 0) is 16.1 Å². The summed E-state index contributed by atoms with van der Waals surface area (Å²) in [7, 11) is 3.27. The summed E-state index contributed by atoms with van der Waals surface area (Å²) in [5, 5.41) is 3.83. The van der Waals surface area contributed by atoms with Crippen LogP contribution in [0.15, 0.2) is 10.6 Å². The fourth-order valence-electron chi connectivity index (χ4n) is 1.44. The average Bonchev–Trinajstić information content (AvgIpc) is 2.71.